The third kappa shape index (κ3) is 7.46. The minimum absolute atomic E-state index is 0.249. The van der Waals surface area contributed by atoms with Crippen LogP contribution in [-0.4, -0.2) is 23.0 Å². The molecule has 0 N–H and O–H groups in total. The van der Waals surface area contributed by atoms with Gasteiger partial charge in [0.15, 0.2) is 0 Å². The predicted molar refractivity (Wildman–Crippen MR) is 292 cm³/mol. The van der Waals surface area contributed by atoms with Crippen molar-refractivity contribution in [2.24, 2.45) is 23.2 Å². The molecule has 0 heterocycles. The van der Waals surface area contributed by atoms with Crippen molar-refractivity contribution in [2.75, 3.05) is 9.80 Å². The highest BCUT2D eigenvalue weighted by Gasteiger charge is 2.59. The van der Waals surface area contributed by atoms with Crippen LogP contribution in [0.2, 0.25) is 0 Å². The van der Waals surface area contributed by atoms with Crippen molar-refractivity contribution in [1.82, 2.24) is 4.90 Å². The maximum Gasteiger partial charge on any atom is 0.0575 e. The van der Waals surface area contributed by atoms with Crippen LogP contribution in [0, 0.1) is 23.2 Å². The molecule has 11 aliphatic rings. The fourth-order valence-corrected chi connectivity index (χ4v) is 14.5. The zero-order chi connectivity index (χ0) is 46.4. The summed E-state index contributed by atoms with van der Waals surface area (Å²) >= 11 is 0. The molecule has 3 heteroatoms. The molecule has 350 valence electrons. The highest BCUT2D eigenvalue weighted by Crippen LogP contribution is 2.71. The average molecular weight is 914 g/mol. The van der Waals surface area contributed by atoms with Crippen LogP contribution in [0.5, 0.6) is 0 Å². The van der Waals surface area contributed by atoms with Crippen molar-refractivity contribution in [1.29, 1.82) is 0 Å². The van der Waals surface area contributed by atoms with Crippen molar-refractivity contribution < 1.29 is 0 Å². The second-order valence-electron chi connectivity index (χ2n) is 21.3. The molecule has 1 spiro atoms. The lowest BCUT2D eigenvalue weighted by atomic mass is 9.60. The summed E-state index contributed by atoms with van der Waals surface area (Å²) < 4.78 is 0. The zero-order valence-corrected chi connectivity index (χ0v) is 40.8. The Balaban J connectivity index is 1.01. The number of nitrogens with zero attached hydrogens (tertiary/aromatic N) is 3. The molecule has 3 nitrogen and oxygen atoms in total. The molecule has 13 rings (SSSR count). The number of fused-ring (bicyclic) bond motifs is 7. The summed E-state index contributed by atoms with van der Waals surface area (Å²) in [6, 6.07) is 23.3. The summed E-state index contributed by atoms with van der Waals surface area (Å²) in [6.45, 7) is 0. The summed E-state index contributed by atoms with van der Waals surface area (Å²) in [6.07, 6.45) is 71.9. The fourth-order valence-electron chi connectivity index (χ4n) is 14.5. The van der Waals surface area contributed by atoms with Crippen molar-refractivity contribution in [3.63, 3.8) is 0 Å². The molecule has 2 aromatic rings. The summed E-state index contributed by atoms with van der Waals surface area (Å²) in [5, 5.41) is 0. The van der Waals surface area contributed by atoms with E-state index in [-0.39, 0.29) is 23.4 Å². The van der Waals surface area contributed by atoms with Crippen LogP contribution < -0.4 is 9.80 Å². The maximum absolute atomic E-state index is 2.83. The Kier molecular flexibility index (Phi) is 11.6. The van der Waals surface area contributed by atoms with Crippen LogP contribution in [0.15, 0.2) is 262 Å². The van der Waals surface area contributed by atoms with E-state index >= 15 is 0 Å². The Morgan fingerprint density at radius 1 is 0.500 bits per heavy atom. The second-order valence-corrected chi connectivity index (χ2v) is 21.3. The van der Waals surface area contributed by atoms with Crippen LogP contribution in [-0.2, 0) is 0 Å². The van der Waals surface area contributed by atoms with E-state index < -0.39 is 0 Å². The maximum atomic E-state index is 2.83. The van der Waals surface area contributed by atoms with Gasteiger partial charge in [0.25, 0.3) is 0 Å². The molecule has 7 unspecified atom stereocenters. The molecular weight excluding hydrogens is 847 g/mol. The van der Waals surface area contributed by atoms with Gasteiger partial charge in [0.1, 0.15) is 0 Å². The van der Waals surface area contributed by atoms with Crippen molar-refractivity contribution in [3.8, 4) is 0 Å². The second kappa shape index (κ2) is 18.6. The molecule has 0 amide bonds. The molecule has 0 aromatic heterocycles. The first-order valence-corrected chi connectivity index (χ1v) is 27.0. The molecule has 0 fully saturated rings. The van der Waals surface area contributed by atoms with Gasteiger partial charge >= 0.3 is 0 Å². The fraction of sp³-hybridized carbons (Fsp3) is 0.313. The normalized spacial score (nSPS) is 30.1. The van der Waals surface area contributed by atoms with E-state index in [4.69, 9.17) is 0 Å². The molecule has 0 saturated heterocycles. The van der Waals surface area contributed by atoms with Crippen molar-refractivity contribution in [2.45, 2.75) is 108 Å². The average Bonchev–Trinajstić information content (AvgIpc) is 3.89. The Hall–Kier alpha value is -6.58. The van der Waals surface area contributed by atoms with Gasteiger partial charge in [0, 0.05) is 40.1 Å². The molecular formula is C67H67N3. The number of hydrogen-bond donors (Lipinski definition) is 0. The monoisotopic (exact) mass is 914 g/mol. The highest BCUT2D eigenvalue weighted by atomic mass is 15.2. The summed E-state index contributed by atoms with van der Waals surface area (Å²) in [4.78, 5) is 8.12. The minimum Gasteiger partial charge on any atom is -0.361 e. The van der Waals surface area contributed by atoms with Crippen LogP contribution >= 0.6 is 0 Å². The van der Waals surface area contributed by atoms with Gasteiger partial charge in [-0.05, 0) is 189 Å². The third-order valence-electron chi connectivity index (χ3n) is 17.5. The molecule has 0 saturated carbocycles. The summed E-state index contributed by atoms with van der Waals surface area (Å²) in [5.41, 5.74) is 19.3. The number of rotatable bonds is 10. The SMILES string of the molecule is C1=CCCC(N(C2C=CC=CC2)C2C=CC3=C(C2)C2(C4=CC=C(N(c5ccccc5)C5C=CC=CC5)CC4C4=C2CCC(N(C2=CCCC=C2)c2ccccc2)=C4)C2=C3C=CC(C3C=CCCC3)C2)=C1. The van der Waals surface area contributed by atoms with Gasteiger partial charge in [-0.2, -0.15) is 0 Å². The molecule has 2 aromatic carbocycles. The topological polar surface area (TPSA) is 9.72 Å². The van der Waals surface area contributed by atoms with Gasteiger partial charge in [-0.3, -0.25) is 0 Å². The number of para-hydroxylation sites is 2. The Morgan fingerprint density at radius 3 is 2.01 bits per heavy atom. The predicted octanol–water partition coefficient (Wildman–Crippen LogP) is 16.2. The first-order chi connectivity index (χ1) is 34.7. The number of allylic oxidation sites excluding steroid dienone is 27. The van der Waals surface area contributed by atoms with Crippen LogP contribution in [0.1, 0.15) is 89.9 Å². The van der Waals surface area contributed by atoms with Gasteiger partial charge in [-0.1, -0.05) is 152 Å². The number of anilines is 2. The smallest absolute Gasteiger partial charge is 0.0575 e. The van der Waals surface area contributed by atoms with Gasteiger partial charge < -0.3 is 14.7 Å². The van der Waals surface area contributed by atoms with E-state index in [9.17, 15) is 0 Å². The van der Waals surface area contributed by atoms with E-state index in [1.54, 1.807) is 27.9 Å². The number of benzene rings is 2. The van der Waals surface area contributed by atoms with Crippen molar-refractivity contribution >= 4 is 11.4 Å². The highest BCUT2D eigenvalue weighted by molar-refractivity contribution is 5.78. The van der Waals surface area contributed by atoms with Gasteiger partial charge in [-0.25, -0.2) is 0 Å². The van der Waals surface area contributed by atoms with Crippen LogP contribution in [0.3, 0.4) is 0 Å². The van der Waals surface area contributed by atoms with Crippen LogP contribution in [0.4, 0.5) is 11.4 Å². The molecule has 11 aliphatic carbocycles. The molecule has 0 aliphatic heterocycles. The van der Waals surface area contributed by atoms with Crippen LogP contribution in [0.25, 0.3) is 0 Å². The lowest BCUT2D eigenvalue weighted by Gasteiger charge is -2.46. The number of hydrogen-bond acceptors (Lipinski definition) is 3. The van der Waals surface area contributed by atoms with E-state index in [2.05, 4.69) is 215 Å². The molecule has 7 atom stereocenters. The largest absolute Gasteiger partial charge is 0.361 e. The zero-order valence-electron chi connectivity index (χ0n) is 40.8. The van der Waals surface area contributed by atoms with Crippen molar-refractivity contribution in [3.05, 3.63) is 262 Å². The summed E-state index contributed by atoms with van der Waals surface area (Å²) in [7, 11) is 0. The molecule has 0 bridgehead atoms. The summed E-state index contributed by atoms with van der Waals surface area (Å²) in [5.74, 6) is 1.36. The Morgan fingerprint density at radius 2 is 1.29 bits per heavy atom. The lowest BCUT2D eigenvalue weighted by molar-refractivity contribution is 0.229. The standard InChI is InChI=1S/C67H67N3/c1-8-22-48(23-9-1)49-36-40-59-60-41-37-58(70(54-32-18-6-19-33-54)55-34-20-7-21-35-55)47-66(60)67(65(59)44-49)63-42-38-56(68(50-24-10-2-11-25-50)51-26-12-3-13-27-51)45-61(63)62-46-57(39-43-64(62)67)69(52-28-14-4-15-29-52)53-30-16-5-17-31-53/h2-4,6-8,10-16,18-20,22,24-26,28-32,34,36-38,40-42,46,48-49,51,54,58,61H,1,5,9,17,21,23,27,33,35,39,43-45,47H2. The van der Waals surface area contributed by atoms with Gasteiger partial charge in [-0.15, -0.1) is 0 Å². The lowest BCUT2D eigenvalue weighted by Crippen LogP contribution is -2.43. The Labute approximate surface area is 417 Å². The Bertz CT molecular complexity index is 2970. The first kappa shape index (κ1) is 43.4. The quantitative estimate of drug-likeness (QED) is 0.220. The van der Waals surface area contributed by atoms with E-state index in [0.717, 1.165) is 70.6 Å². The van der Waals surface area contributed by atoms with Gasteiger partial charge in [0.2, 0.25) is 0 Å². The third-order valence-corrected chi connectivity index (χ3v) is 17.5. The first-order valence-electron chi connectivity index (χ1n) is 27.0. The van der Waals surface area contributed by atoms with Gasteiger partial charge in [0.05, 0.1) is 23.5 Å². The van der Waals surface area contributed by atoms with E-state index in [0.29, 0.717) is 17.9 Å². The minimum atomic E-state index is -0.249. The molecule has 0 radical (unpaired) electrons. The van der Waals surface area contributed by atoms with E-state index in [1.807, 2.05) is 0 Å². The molecule has 70 heavy (non-hydrogen) atoms. The van der Waals surface area contributed by atoms with E-state index in [1.165, 1.54) is 64.6 Å².